The predicted octanol–water partition coefficient (Wildman–Crippen LogP) is 5.81. The molecular formula is C23H20Cl2N2O5S. The summed E-state index contributed by atoms with van der Waals surface area (Å²) in [5.74, 6) is -1.12. The molecule has 0 fully saturated rings. The van der Waals surface area contributed by atoms with Crippen molar-refractivity contribution in [1.29, 1.82) is 0 Å². The third-order valence-corrected chi connectivity index (χ3v) is 6.42. The van der Waals surface area contributed by atoms with E-state index >= 15 is 0 Å². The van der Waals surface area contributed by atoms with Crippen LogP contribution in [-0.4, -0.2) is 31.0 Å². The molecule has 0 aliphatic rings. The Morgan fingerprint density at radius 1 is 1.00 bits per heavy atom. The van der Waals surface area contributed by atoms with Gasteiger partial charge in [-0.25, -0.2) is 4.79 Å². The number of esters is 1. The lowest BCUT2D eigenvalue weighted by atomic mass is 10.1. The summed E-state index contributed by atoms with van der Waals surface area (Å²) in [6.45, 7) is 3.13. The van der Waals surface area contributed by atoms with Gasteiger partial charge in [-0.1, -0.05) is 47.5 Å². The van der Waals surface area contributed by atoms with Crippen LogP contribution in [0.25, 0.3) is 0 Å². The van der Waals surface area contributed by atoms with Gasteiger partial charge in [0.25, 0.3) is 11.8 Å². The molecule has 0 spiro atoms. The molecule has 0 aliphatic carbocycles. The molecule has 7 nitrogen and oxygen atoms in total. The number of carbonyl (C=O) groups is 3. The van der Waals surface area contributed by atoms with Crippen LogP contribution in [0.3, 0.4) is 0 Å². The molecule has 1 heterocycles. The van der Waals surface area contributed by atoms with Crippen LogP contribution in [0.5, 0.6) is 5.75 Å². The highest BCUT2D eigenvalue weighted by atomic mass is 35.5. The van der Waals surface area contributed by atoms with Crippen LogP contribution in [0.4, 0.5) is 10.7 Å². The zero-order valence-electron chi connectivity index (χ0n) is 17.7. The van der Waals surface area contributed by atoms with Crippen LogP contribution in [-0.2, 0) is 9.53 Å². The predicted molar refractivity (Wildman–Crippen MR) is 130 cm³/mol. The van der Waals surface area contributed by atoms with Gasteiger partial charge in [0, 0.05) is 0 Å². The van der Waals surface area contributed by atoms with Crippen LogP contribution >= 0.6 is 34.5 Å². The molecule has 0 radical (unpaired) electrons. The third-order valence-electron chi connectivity index (χ3n) is 4.40. The fraction of sp³-hybridized carbons (Fsp3) is 0.174. The van der Waals surface area contributed by atoms with E-state index in [-0.39, 0.29) is 38.7 Å². The summed E-state index contributed by atoms with van der Waals surface area (Å²) >= 11 is 13.1. The Morgan fingerprint density at radius 2 is 1.73 bits per heavy atom. The van der Waals surface area contributed by atoms with Gasteiger partial charge in [-0.15, -0.1) is 11.3 Å². The molecule has 172 valence electrons. The number of hydrogen-bond donors (Lipinski definition) is 2. The van der Waals surface area contributed by atoms with Crippen molar-refractivity contribution in [3.8, 4) is 5.75 Å². The van der Waals surface area contributed by atoms with E-state index in [0.29, 0.717) is 17.0 Å². The van der Waals surface area contributed by atoms with Gasteiger partial charge in [-0.3, -0.25) is 9.59 Å². The average molecular weight is 507 g/mol. The second-order valence-electron chi connectivity index (χ2n) is 6.69. The van der Waals surface area contributed by atoms with E-state index in [2.05, 4.69) is 10.6 Å². The number of benzene rings is 2. The molecule has 33 heavy (non-hydrogen) atoms. The highest BCUT2D eigenvalue weighted by Gasteiger charge is 2.27. The van der Waals surface area contributed by atoms with E-state index in [1.165, 1.54) is 0 Å². The molecule has 2 N–H and O–H groups in total. The standard InChI is InChI=1S/C23H20Cl2N2O5S/c1-3-31-23(30)18-13(2)20(21(29)26-16-11-7-10-15(24)19(16)25)33-22(18)27-17(28)12-32-14-8-5-4-6-9-14/h4-11H,3,12H2,1-2H3,(H,26,29)(H,27,28). The fourth-order valence-corrected chi connectivity index (χ4v) is 4.33. The smallest absolute Gasteiger partial charge is 0.341 e. The van der Waals surface area contributed by atoms with Gasteiger partial charge in [0.2, 0.25) is 0 Å². The van der Waals surface area contributed by atoms with Gasteiger partial charge in [0.05, 0.1) is 32.8 Å². The number of thiophene rings is 1. The largest absolute Gasteiger partial charge is 0.484 e. The summed E-state index contributed by atoms with van der Waals surface area (Å²) in [6, 6.07) is 13.7. The Bertz CT molecular complexity index is 1180. The van der Waals surface area contributed by atoms with Crippen LogP contribution in [0, 0.1) is 6.92 Å². The number of halogens is 2. The minimum absolute atomic E-state index is 0.109. The maximum atomic E-state index is 12.9. The maximum absolute atomic E-state index is 12.9. The number of ether oxygens (including phenoxy) is 2. The van der Waals surface area contributed by atoms with E-state index in [0.717, 1.165) is 11.3 Å². The SMILES string of the molecule is CCOC(=O)c1c(NC(=O)COc2ccccc2)sc(C(=O)Nc2cccc(Cl)c2Cl)c1C. The topological polar surface area (TPSA) is 93.7 Å². The summed E-state index contributed by atoms with van der Waals surface area (Å²) in [4.78, 5) is 38.2. The van der Waals surface area contributed by atoms with Crippen molar-refractivity contribution in [1.82, 2.24) is 0 Å². The first-order chi connectivity index (χ1) is 15.8. The summed E-state index contributed by atoms with van der Waals surface area (Å²) < 4.78 is 10.6. The highest BCUT2D eigenvalue weighted by molar-refractivity contribution is 7.19. The first-order valence-corrected chi connectivity index (χ1v) is 11.4. The van der Waals surface area contributed by atoms with E-state index < -0.39 is 17.8 Å². The van der Waals surface area contributed by atoms with Crippen molar-refractivity contribution in [2.45, 2.75) is 13.8 Å². The lowest BCUT2D eigenvalue weighted by molar-refractivity contribution is -0.118. The number of nitrogens with one attached hydrogen (secondary N) is 2. The van der Waals surface area contributed by atoms with Crippen molar-refractivity contribution >= 4 is 63.0 Å². The van der Waals surface area contributed by atoms with Gasteiger partial charge in [0.15, 0.2) is 6.61 Å². The lowest BCUT2D eigenvalue weighted by Gasteiger charge is -2.08. The summed E-state index contributed by atoms with van der Waals surface area (Å²) in [5.41, 5.74) is 0.798. The van der Waals surface area contributed by atoms with Gasteiger partial charge >= 0.3 is 5.97 Å². The molecule has 1 aromatic heterocycles. The molecule has 0 aliphatic heterocycles. The molecule has 3 rings (SSSR count). The number of para-hydroxylation sites is 1. The maximum Gasteiger partial charge on any atom is 0.341 e. The monoisotopic (exact) mass is 506 g/mol. The minimum Gasteiger partial charge on any atom is -0.484 e. The average Bonchev–Trinajstić information content (AvgIpc) is 3.12. The lowest BCUT2D eigenvalue weighted by Crippen LogP contribution is -2.21. The first-order valence-electron chi connectivity index (χ1n) is 9.85. The molecule has 0 saturated carbocycles. The number of anilines is 2. The van der Waals surface area contributed by atoms with Crippen LogP contribution in [0.1, 0.15) is 32.5 Å². The Kier molecular flexibility index (Phi) is 8.32. The van der Waals surface area contributed by atoms with Crippen molar-refractivity contribution < 1.29 is 23.9 Å². The van der Waals surface area contributed by atoms with Gasteiger partial charge in [0.1, 0.15) is 10.8 Å². The number of hydrogen-bond acceptors (Lipinski definition) is 6. The second-order valence-corrected chi connectivity index (χ2v) is 8.49. The Balaban J connectivity index is 1.84. The number of carbonyl (C=O) groups excluding carboxylic acids is 3. The fourth-order valence-electron chi connectivity index (χ4n) is 2.87. The van der Waals surface area contributed by atoms with Gasteiger partial charge in [-0.05, 0) is 43.7 Å². The number of rotatable bonds is 8. The quantitative estimate of drug-likeness (QED) is 0.376. The van der Waals surface area contributed by atoms with Crippen molar-refractivity contribution in [3.63, 3.8) is 0 Å². The van der Waals surface area contributed by atoms with Crippen LogP contribution < -0.4 is 15.4 Å². The van der Waals surface area contributed by atoms with Gasteiger partial charge < -0.3 is 20.1 Å². The van der Waals surface area contributed by atoms with Crippen molar-refractivity contribution in [3.05, 3.63) is 74.6 Å². The Morgan fingerprint density at radius 3 is 2.42 bits per heavy atom. The normalized spacial score (nSPS) is 10.4. The van der Waals surface area contributed by atoms with Crippen LogP contribution in [0.15, 0.2) is 48.5 Å². The van der Waals surface area contributed by atoms with E-state index in [1.807, 2.05) is 6.07 Å². The summed E-state index contributed by atoms with van der Waals surface area (Å²) in [7, 11) is 0. The molecule has 0 atom stereocenters. The Labute approximate surface area is 204 Å². The zero-order chi connectivity index (χ0) is 24.0. The summed E-state index contributed by atoms with van der Waals surface area (Å²) in [5, 5.41) is 6.00. The van der Waals surface area contributed by atoms with Gasteiger partial charge in [-0.2, -0.15) is 0 Å². The molecule has 2 aromatic carbocycles. The minimum atomic E-state index is -0.648. The Hall–Kier alpha value is -3.07. The zero-order valence-corrected chi connectivity index (χ0v) is 20.1. The molecule has 0 bridgehead atoms. The first kappa shape index (κ1) is 24.6. The van der Waals surface area contributed by atoms with Crippen LogP contribution in [0.2, 0.25) is 10.0 Å². The molecule has 3 aromatic rings. The molecule has 0 saturated heterocycles. The molecule has 10 heteroatoms. The van der Waals surface area contributed by atoms with Crippen molar-refractivity contribution in [2.24, 2.45) is 0 Å². The third kappa shape index (κ3) is 6.04. The highest BCUT2D eigenvalue weighted by Crippen LogP contribution is 2.35. The molecule has 0 unspecified atom stereocenters. The molecule has 2 amide bonds. The van der Waals surface area contributed by atoms with E-state index in [9.17, 15) is 14.4 Å². The van der Waals surface area contributed by atoms with E-state index in [1.54, 1.807) is 56.3 Å². The number of amides is 2. The second kappa shape index (κ2) is 11.2. The van der Waals surface area contributed by atoms with Crippen molar-refractivity contribution in [2.75, 3.05) is 23.8 Å². The van der Waals surface area contributed by atoms with E-state index in [4.69, 9.17) is 32.7 Å². The summed E-state index contributed by atoms with van der Waals surface area (Å²) in [6.07, 6.45) is 0. The molecular weight excluding hydrogens is 487 g/mol.